The highest BCUT2D eigenvalue weighted by Crippen LogP contribution is 2.26. The Morgan fingerprint density at radius 2 is 2.00 bits per heavy atom. The first-order chi connectivity index (χ1) is 10.1. The molecule has 1 saturated heterocycles. The van der Waals surface area contributed by atoms with Gasteiger partial charge in [0.25, 0.3) is 0 Å². The van der Waals surface area contributed by atoms with Crippen LogP contribution in [0.4, 0.5) is 0 Å². The highest BCUT2D eigenvalue weighted by molar-refractivity contribution is 7.09. The Balaban J connectivity index is 2.20. The van der Waals surface area contributed by atoms with Crippen LogP contribution >= 0.6 is 11.3 Å². The van der Waals surface area contributed by atoms with Gasteiger partial charge in [0, 0.05) is 11.4 Å². The molecule has 1 unspecified atom stereocenters. The van der Waals surface area contributed by atoms with E-state index >= 15 is 0 Å². The summed E-state index contributed by atoms with van der Waals surface area (Å²) in [5.41, 5.74) is -0.710. The zero-order valence-electron chi connectivity index (χ0n) is 13.0. The molecular formula is C16H24N2O2S. The number of hydrogen-bond donors (Lipinski definition) is 1. The van der Waals surface area contributed by atoms with E-state index in [4.69, 9.17) is 0 Å². The van der Waals surface area contributed by atoms with Crippen LogP contribution in [-0.2, 0) is 16.0 Å². The molecule has 2 rings (SSSR count). The van der Waals surface area contributed by atoms with E-state index < -0.39 is 5.54 Å². The topological polar surface area (TPSA) is 49.4 Å². The number of hydrogen-bond acceptors (Lipinski definition) is 3. The van der Waals surface area contributed by atoms with Crippen molar-refractivity contribution in [2.45, 2.75) is 58.0 Å². The summed E-state index contributed by atoms with van der Waals surface area (Å²) in [7, 11) is 0. The zero-order chi connectivity index (χ0) is 15.5. The molecule has 1 aromatic rings. The maximum Gasteiger partial charge on any atom is 0.248 e. The van der Waals surface area contributed by atoms with Gasteiger partial charge in [-0.3, -0.25) is 9.59 Å². The van der Waals surface area contributed by atoms with Gasteiger partial charge < -0.3 is 10.2 Å². The summed E-state index contributed by atoms with van der Waals surface area (Å²) in [5.74, 6) is 0.0717. The van der Waals surface area contributed by atoms with Crippen molar-refractivity contribution in [3.8, 4) is 0 Å². The summed E-state index contributed by atoms with van der Waals surface area (Å²) < 4.78 is 0. The van der Waals surface area contributed by atoms with Gasteiger partial charge in [0.1, 0.15) is 11.6 Å². The molecule has 1 atom stereocenters. The average molecular weight is 308 g/mol. The lowest BCUT2D eigenvalue weighted by Crippen LogP contribution is -2.70. The highest BCUT2D eigenvalue weighted by atomic mass is 32.1. The van der Waals surface area contributed by atoms with Crippen molar-refractivity contribution in [3.05, 3.63) is 22.4 Å². The minimum absolute atomic E-state index is 0.00743. The first-order valence-corrected chi connectivity index (χ1v) is 8.61. The van der Waals surface area contributed by atoms with Crippen molar-refractivity contribution in [3.63, 3.8) is 0 Å². The number of nitrogens with zero attached hydrogens (tertiary/aromatic N) is 1. The van der Waals surface area contributed by atoms with Crippen LogP contribution in [0.15, 0.2) is 17.5 Å². The van der Waals surface area contributed by atoms with Crippen LogP contribution in [0.1, 0.15) is 44.9 Å². The largest absolute Gasteiger partial charge is 0.340 e. The fourth-order valence-corrected chi connectivity index (χ4v) is 3.71. The molecule has 1 aliphatic rings. The Kier molecular flexibility index (Phi) is 5.04. The van der Waals surface area contributed by atoms with Gasteiger partial charge in [-0.25, -0.2) is 0 Å². The molecule has 0 spiro atoms. The molecule has 5 heteroatoms. The fraction of sp³-hybridized carbons (Fsp3) is 0.625. The summed E-state index contributed by atoms with van der Waals surface area (Å²) in [6.07, 6.45) is 2.75. The molecule has 0 aromatic carbocycles. The van der Waals surface area contributed by atoms with Crippen LogP contribution < -0.4 is 5.32 Å². The van der Waals surface area contributed by atoms with Crippen molar-refractivity contribution in [2.24, 2.45) is 0 Å². The molecule has 0 aliphatic carbocycles. The van der Waals surface area contributed by atoms with E-state index in [-0.39, 0.29) is 17.9 Å². The Morgan fingerprint density at radius 3 is 2.52 bits per heavy atom. The van der Waals surface area contributed by atoms with E-state index in [1.807, 2.05) is 32.2 Å². The van der Waals surface area contributed by atoms with Crippen LogP contribution in [-0.4, -0.2) is 34.8 Å². The molecule has 2 amide bonds. The lowest BCUT2D eigenvalue weighted by atomic mass is 9.86. The second kappa shape index (κ2) is 6.60. The quantitative estimate of drug-likeness (QED) is 0.878. The van der Waals surface area contributed by atoms with E-state index in [0.717, 1.165) is 6.42 Å². The zero-order valence-corrected chi connectivity index (χ0v) is 13.8. The van der Waals surface area contributed by atoms with E-state index in [1.165, 1.54) is 4.88 Å². The fourth-order valence-electron chi connectivity index (χ4n) is 3.01. The lowest BCUT2D eigenvalue weighted by Gasteiger charge is -2.45. The van der Waals surface area contributed by atoms with Gasteiger partial charge in [-0.1, -0.05) is 26.8 Å². The SMILES string of the molecule is CCC1C(=O)NC(CC)(CC)C(=O)N1CCc1cccs1. The van der Waals surface area contributed by atoms with Gasteiger partial charge in [-0.15, -0.1) is 11.3 Å². The minimum atomic E-state index is -0.710. The summed E-state index contributed by atoms with van der Waals surface area (Å²) in [5, 5.41) is 5.02. The number of carbonyl (C=O) groups excluding carboxylic acids is 2. The smallest absolute Gasteiger partial charge is 0.248 e. The summed E-state index contributed by atoms with van der Waals surface area (Å²) >= 11 is 1.70. The summed E-state index contributed by atoms with van der Waals surface area (Å²) in [6, 6.07) is 3.76. The van der Waals surface area contributed by atoms with Crippen molar-refractivity contribution in [1.82, 2.24) is 10.2 Å². The maximum absolute atomic E-state index is 12.9. The molecule has 0 bridgehead atoms. The second-order valence-electron chi connectivity index (χ2n) is 5.53. The third-order valence-corrected chi connectivity index (χ3v) is 5.42. The number of nitrogens with one attached hydrogen (secondary N) is 1. The minimum Gasteiger partial charge on any atom is -0.340 e. The van der Waals surface area contributed by atoms with Crippen LogP contribution in [0.25, 0.3) is 0 Å². The van der Waals surface area contributed by atoms with Crippen LogP contribution in [0.5, 0.6) is 0 Å². The molecule has 4 nitrogen and oxygen atoms in total. The predicted molar refractivity (Wildman–Crippen MR) is 85.3 cm³/mol. The van der Waals surface area contributed by atoms with Gasteiger partial charge in [-0.2, -0.15) is 0 Å². The average Bonchev–Trinajstić information content (AvgIpc) is 3.01. The third-order valence-electron chi connectivity index (χ3n) is 4.48. The molecule has 1 aliphatic heterocycles. The van der Waals surface area contributed by atoms with E-state index in [1.54, 1.807) is 16.2 Å². The molecule has 1 aromatic heterocycles. The van der Waals surface area contributed by atoms with Crippen molar-refractivity contribution >= 4 is 23.2 Å². The molecule has 116 valence electrons. The summed E-state index contributed by atoms with van der Waals surface area (Å²) in [4.78, 5) is 28.3. The number of carbonyl (C=O) groups is 2. The van der Waals surface area contributed by atoms with E-state index in [9.17, 15) is 9.59 Å². The van der Waals surface area contributed by atoms with Gasteiger partial charge in [0.05, 0.1) is 0 Å². The number of piperazine rings is 1. The van der Waals surface area contributed by atoms with Gasteiger partial charge >= 0.3 is 0 Å². The van der Waals surface area contributed by atoms with Crippen LogP contribution in [0.2, 0.25) is 0 Å². The van der Waals surface area contributed by atoms with Crippen molar-refractivity contribution in [1.29, 1.82) is 0 Å². The van der Waals surface area contributed by atoms with Crippen LogP contribution in [0.3, 0.4) is 0 Å². The second-order valence-corrected chi connectivity index (χ2v) is 6.56. The number of rotatable bonds is 6. The summed E-state index contributed by atoms with van der Waals surface area (Å²) in [6.45, 7) is 6.50. The monoisotopic (exact) mass is 308 g/mol. The molecule has 1 fully saturated rings. The predicted octanol–water partition coefficient (Wildman–Crippen LogP) is 2.59. The van der Waals surface area contributed by atoms with Crippen LogP contribution in [0, 0.1) is 0 Å². The maximum atomic E-state index is 12.9. The molecule has 0 saturated carbocycles. The first-order valence-electron chi connectivity index (χ1n) is 7.73. The molecule has 0 radical (unpaired) electrons. The van der Waals surface area contributed by atoms with Gasteiger partial charge in [0.2, 0.25) is 11.8 Å². The van der Waals surface area contributed by atoms with E-state index in [0.29, 0.717) is 25.8 Å². The Labute approximate surface area is 130 Å². The van der Waals surface area contributed by atoms with Gasteiger partial charge in [-0.05, 0) is 37.1 Å². The Morgan fingerprint density at radius 1 is 1.29 bits per heavy atom. The third kappa shape index (κ3) is 2.98. The molecule has 2 heterocycles. The number of thiophene rings is 1. The normalized spacial score (nSPS) is 21.5. The van der Waals surface area contributed by atoms with Crippen molar-refractivity contribution < 1.29 is 9.59 Å². The molecule has 1 N–H and O–H groups in total. The Hall–Kier alpha value is -1.36. The van der Waals surface area contributed by atoms with Crippen molar-refractivity contribution in [2.75, 3.05) is 6.54 Å². The molecular weight excluding hydrogens is 284 g/mol. The lowest BCUT2D eigenvalue weighted by molar-refractivity contribution is -0.155. The Bertz CT molecular complexity index is 494. The van der Waals surface area contributed by atoms with Gasteiger partial charge in [0.15, 0.2) is 0 Å². The van der Waals surface area contributed by atoms with E-state index in [2.05, 4.69) is 11.4 Å². The first kappa shape index (κ1) is 16.0. The highest BCUT2D eigenvalue weighted by Gasteiger charge is 2.47. The number of amides is 2. The molecule has 21 heavy (non-hydrogen) atoms. The standard InChI is InChI=1S/C16H24N2O2S/c1-4-13-14(19)17-16(5-2,6-3)15(20)18(13)10-9-12-8-7-11-21-12/h7-8,11,13H,4-6,9-10H2,1-3H3,(H,17,19).